The zero-order valence-corrected chi connectivity index (χ0v) is 11.2. The highest BCUT2D eigenvalue weighted by molar-refractivity contribution is 5.34. The lowest BCUT2D eigenvalue weighted by molar-refractivity contribution is -0.137. The molecule has 0 fully saturated rings. The van der Waals surface area contributed by atoms with E-state index in [9.17, 15) is 13.2 Å². The largest absolute Gasteiger partial charge is 0.492 e. The average molecular weight is 293 g/mol. The number of hydrogen-bond acceptors (Lipinski definition) is 2. The molecule has 0 bridgehead atoms. The number of fused-ring (bicyclic) bond motifs is 1. The van der Waals surface area contributed by atoms with Crippen molar-refractivity contribution in [3.8, 4) is 5.75 Å². The first-order valence-electron chi connectivity index (χ1n) is 6.65. The Balaban J connectivity index is 1.64. The Morgan fingerprint density at radius 2 is 1.76 bits per heavy atom. The van der Waals surface area contributed by atoms with Crippen LogP contribution in [0.1, 0.15) is 22.7 Å². The van der Waals surface area contributed by atoms with E-state index in [1.807, 2.05) is 18.2 Å². The summed E-state index contributed by atoms with van der Waals surface area (Å²) >= 11 is 0. The number of halogens is 3. The quantitative estimate of drug-likeness (QED) is 0.926. The molecule has 3 rings (SSSR count). The van der Waals surface area contributed by atoms with Gasteiger partial charge in [-0.05, 0) is 35.4 Å². The van der Waals surface area contributed by atoms with Crippen LogP contribution in [0.4, 0.5) is 13.2 Å². The van der Waals surface area contributed by atoms with Gasteiger partial charge in [-0.2, -0.15) is 13.2 Å². The van der Waals surface area contributed by atoms with Gasteiger partial charge in [0.25, 0.3) is 0 Å². The third-order valence-corrected chi connectivity index (χ3v) is 3.57. The summed E-state index contributed by atoms with van der Waals surface area (Å²) in [6.45, 7) is 1.18. The Labute approximate surface area is 120 Å². The van der Waals surface area contributed by atoms with Crippen LogP contribution in [0.2, 0.25) is 0 Å². The van der Waals surface area contributed by atoms with Crippen LogP contribution in [0.5, 0.6) is 5.75 Å². The number of ether oxygens (including phenoxy) is 1. The second-order valence-electron chi connectivity index (χ2n) is 4.97. The maximum absolute atomic E-state index is 12.5. The Kier molecular flexibility index (Phi) is 3.59. The predicted octanol–water partition coefficient (Wildman–Crippen LogP) is 3.93. The predicted molar refractivity (Wildman–Crippen MR) is 73.0 cm³/mol. The van der Waals surface area contributed by atoms with Crippen LogP contribution in [0, 0.1) is 0 Å². The van der Waals surface area contributed by atoms with Crippen molar-refractivity contribution in [2.75, 3.05) is 6.61 Å². The summed E-state index contributed by atoms with van der Waals surface area (Å²) in [5.41, 5.74) is 1.75. The first-order chi connectivity index (χ1) is 10.0. The van der Waals surface area contributed by atoms with Gasteiger partial charge in [0.15, 0.2) is 0 Å². The average Bonchev–Trinajstić information content (AvgIpc) is 2.88. The third kappa shape index (κ3) is 3.03. The summed E-state index contributed by atoms with van der Waals surface area (Å²) in [7, 11) is 0. The van der Waals surface area contributed by atoms with Crippen LogP contribution in [0.3, 0.4) is 0 Å². The molecule has 1 unspecified atom stereocenters. The van der Waals surface area contributed by atoms with E-state index in [1.54, 1.807) is 0 Å². The molecule has 0 saturated carbocycles. The Morgan fingerprint density at radius 1 is 1.05 bits per heavy atom. The van der Waals surface area contributed by atoms with Gasteiger partial charge in [0.05, 0.1) is 11.6 Å². The van der Waals surface area contributed by atoms with Gasteiger partial charge >= 0.3 is 6.18 Å². The molecule has 1 aliphatic heterocycles. The van der Waals surface area contributed by atoms with E-state index in [1.165, 1.54) is 23.3 Å². The van der Waals surface area contributed by atoms with Gasteiger partial charge in [-0.25, -0.2) is 0 Å². The molecule has 0 aliphatic carbocycles. The molecule has 0 amide bonds. The fourth-order valence-electron chi connectivity index (χ4n) is 2.45. The van der Waals surface area contributed by atoms with Crippen molar-refractivity contribution < 1.29 is 17.9 Å². The summed E-state index contributed by atoms with van der Waals surface area (Å²) in [6, 6.07) is 12.9. The van der Waals surface area contributed by atoms with Crippen molar-refractivity contribution in [2.24, 2.45) is 0 Å². The molecule has 110 valence electrons. The second kappa shape index (κ2) is 5.41. The molecule has 0 aromatic heterocycles. The zero-order chi connectivity index (χ0) is 14.9. The van der Waals surface area contributed by atoms with E-state index in [4.69, 9.17) is 4.74 Å². The monoisotopic (exact) mass is 293 g/mol. The van der Waals surface area contributed by atoms with Crippen molar-refractivity contribution in [3.05, 3.63) is 65.2 Å². The number of benzene rings is 2. The van der Waals surface area contributed by atoms with Gasteiger partial charge < -0.3 is 10.1 Å². The SMILES string of the molecule is FC(F)(F)c1ccc(OCC2NCc3ccccc32)cc1. The summed E-state index contributed by atoms with van der Waals surface area (Å²) in [5.74, 6) is 0.439. The van der Waals surface area contributed by atoms with Gasteiger partial charge in [-0.15, -0.1) is 0 Å². The molecule has 0 spiro atoms. The van der Waals surface area contributed by atoms with E-state index in [0.29, 0.717) is 12.4 Å². The summed E-state index contributed by atoms with van der Waals surface area (Å²) in [5, 5.41) is 3.32. The molecule has 0 radical (unpaired) electrons. The summed E-state index contributed by atoms with van der Waals surface area (Å²) < 4.78 is 43.0. The minimum atomic E-state index is -4.32. The van der Waals surface area contributed by atoms with Crippen LogP contribution < -0.4 is 10.1 Å². The Morgan fingerprint density at radius 3 is 2.48 bits per heavy atom. The van der Waals surface area contributed by atoms with Gasteiger partial charge in [0.1, 0.15) is 12.4 Å². The molecule has 2 aromatic carbocycles. The summed E-state index contributed by atoms with van der Waals surface area (Å²) in [6.07, 6.45) is -4.32. The van der Waals surface area contributed by atoms with Crippen LogP contribution >= 0.6 is 0 Å². The molecule has 1 N–H and O–H groups in total. The van der Waals surface area contributed by atoms with E-state index in [0.717, 1.165) is 18.7 Å². The van der Waals surface area contributed by atoms with Crippen LogP contribution in [-0.4, -0.2) is 6.61 Å². The van der Waals surface area contributed by atoms with Gasteiger partial charge in [0, 0.05) is 6.54 Å². The molecule has 5 heteroatoms. The molecular weight excluding hydrogens is 279 g/mol. The van der Waals surface area contributed by atoms with Crippen molar-refractivity contribution in [2.45, 2.75) is 18.8 Å². The highest BCUT2D eigenvalue weighted by Crippen LogP contribution is 2.31. The van der Waals surface area contributed by atoms with Crippen molar-refractivity contribution >= 4 is 0 Å². The van der Waals surface area contributed by atoms with E-state index >= 15 is 0 Å². The molecule has 1 heterocycles. The second-order valence-corrected chi connectivity index (χ2v) is 4.97. The molecule has 1 aliphatic rings. The standard InChI is InChI=1S/C16H14F3NO/c17-16(18,19)12-5-7-13(8-6-12)21-10-15-14-4-2-1-3-11(14)9-20-15/h1-8,15,20H,9-10H2. The maximum Gasteiger partial charge on any atom is 0.416 e. The fourth-order valence-corrected chi connectivity index (χ4v) is 2.45. The highest BCUT2D eigenvalue weighted by atomic mass is 19.4. The van der Waals surface area contributed by atoms with Gasteiger partial charge in [0.2, 0.25) is 0 Å². The fraction of sp³-hybridized carbons (Fsp3) is 0.250. The van der Waals surface area contributed by atoms with E-state index in [-0.39, 0.29) is 6.04 Å². The normalized spacial score (nSPS) is 17.6. The lowest BCUT2D eigenvalue weighted by Gasteiger charge is -2.14. The molecule has 0 saturated heterocycles. The first-order valence-corrected chi connectivity index (χ1v) is 6.65. The Hall–Kier alpha value is -2.01. The van der Waals surface area contributed by atoms with Crippen molar-refractivity contribution in [3.63, 3.8) is 0 Å². The maximum atomic E-state index is 12.5. The van der Waals surface area contributed by atoms with Crippen LogP contribution in [-0.2, 0) is 12.7 Å². The first kappa shape index (κ1) is 13.9. The number of hydrogen-bond donors (Lipinski definition) is 1. The van der Waals surface area contributed by atoms with E-state index in [2.05, 4.69) is 11.4 Å². The van der Waals surface area contributed by atoms with Crippen molar-refractivity contribution in [1.82, 2.24) is 5.32 Å². The number of nitrogens with one attached hydrogen (secondary N) is 1. The molecule has 2 nitrogen and oxygen atoms in total. The van der Waals surface area contributed by atoms with Crippen molar-refractivity contribution in [1.29, 1.82) is 0 Å². The minimum Gasteiger partial charge on any atom is -0.492 e. The van der Waals surface area contributed by atoms with Crippen LogP contribution in [0.15, 0.2) is 48.5 Å². The topological polar surface area (TPSA) is 21.3 Å². The smallest absolute Gasteiger partial charge is 0.416 e. The highest BCUT2D eigenvalue weighted by Gasteiger charge is 2.30. The Bertz CT molecular complexity index is 622. The van der Waals surface area contributed by atoms with Crippen LogP contribution in [0.25, 0.3) is 0 Å². The molecule has 1 atom stereocenters. The molecule has 21 heavy (non-hydrogen) atoms. The lowest BCUT2D eigenvalue weighted by Crippen LogP contribution is -2.19. The molecular formula is C16H14F3NO. The molecule has 2 aromatic rings. The number of rotatable bonds is 3. The number of alkyl halides is 3. The lowest BCUT2D eigenvalue weighted by atomic mass is 10.1. The minimum absolute atomic E-state index is 0.0727. The third-order valence-electron chi connectivity index (χ3n) is 3.57. The van der Waals surface area contributed by atoms with Gasteiger partial charge in [-0.3, -0.25) is 0 Å². The summed E-state index contributed by atoms with van der Waals surface area (Å²) in [4.78, 5) is 0. The van der Waals surface area contributed by atoms with Gasteiger partial charge in [-0.1, -0.05) is 24.3 Å². The van der Waals surface area contributed by atoms with E-state index < -0.39 is 11.7 Å². The zero-order valence-electron chi connectivity index (χ0n) is 11.2.